The number of amides is 1. The first kappa shape index (κ1) is 13.5. The Bertz CT molecular complexity index is 588. The van der Waals surface area contributed by atoms with Crippen LogP contribution in [0.1, 0.15) is 16.8 Å². The van der Waals surface area contributed by atoms with Crippen LogP contribution in [0.2, 0.25) is 0 Å². The minimum atomic E-state index is -0.0428. The second kappa shape index (κ2) is 5.88. The second-order valence-electron chi connectivity index (χ2n) is 4.48. The van der Waals surface area contributed by atoms with E-state index in [1.165, 1.54) is 11.3 Å². The molecular formula is C13H12BrN3O2S. The first-order chi connectivity index (χ1) is 9.72. The van der Waals surface area contributed by atoms with E-state index >= 15 is 0 Å². The summed E-state index contributed by atoms with van der Waals surface area (Å²) in [5, 5.41) is 3.78. The number of hydrogen-bond acceptors (Lipinski definition) is 5. The number of halogens is 1. The fourth-order valence-corrected chi connectivity index (χ4v) is 2.92. The summed E-state index contributed by atoms with van der Waals surface area (Å²) >= 11 is 4.80. The Balaban J connectivity index is 1.59. The number of carbonyl (C=O) groups is 1. The molecule has 5 nitrogen and oxygen atoms in total. The number of likely N-dealkylation sites (tertiary alicyclic amines) is 1. The summed E-state index contributed by atoms with van der Waals surface area (Å²) < 4.78 is 6.50. The average molecular weight is 354 g/mol. The predicted molar refractivity (Wildman–Crippen MR) is 79.0 cm³/mol. The monoisotopic (exact) mass is 353 g/mol. The molecule has 0 saturated carbocycles. The van der Waals surface area contributed by atoms with Gasteiger partial charge in [0, 0.05) is 30.7 Å². The van der Waals surface area contributed by atoms with Crippen molar-refractivity contribution in [3.05, 3.63) is 39.3 Å². The minimum absolute atomic E-state index is 0.0428. The lowest BCUT2D eigenvalue weighted by atomic mass is 10.3. The molecule has 1 aliphatic rings. The molecule has 0 radical (unpaired) electrons. The fourth-order valence-electron chi connectivity index (χ4n) is 2.09. The summed E-state index contributed by atoms with van der Waals surface area (Å²) in [5.41, 5.74) is 0.746. The standard InChI is InChI=1S/C13H12BrN3O2S/c14-10-5-15-13(16-6-10)19-11-1-3-17(7-11)12(18)9-2-4-20-8-9/h2,4-6,8,11H,1,3,7H2. The summed E-state index contributed by atoms with van der Waals surface area (Å²) in [7, 11) is 0. The Labute approximate surface area is 128 Å². The quantitative estimate of drug-likeness (QED) is 0.850. The highest BCUT2D eigenvalue weighted by atomic mass is 79.9. The van der Waals surface area contributed by atoms with Gasteiger partial charge in [-0.3, -0.25) is 4.79 Å². The molecule has 1 atom stereocenters. The molecule has 1 aliphatic heterocycles. The molecule has 1 amide bonds. The average Bonchev–Trinajstić information content (AvgIpc) is 3.12. The van der Waals surface area contributed by atoms with Gasteiger partial charge >= 0.3 is 6.01 Å². The molecule has 3 heterocycles. The predicted octanol–water partition coefficient (Wildman–Crippen LogP) is 2.59. The molecule has 0 bridgehead atoms. The van der Waals surface area contributed by atoms with Crippen molar-refractivity contribution in [2.75, 3.05) is 13.1 Å². The van der Waals surface area contributed by atoms with Crippen LogP contribution in [0.5, 0.6) is 6.01 Å². The first-order valence-electron chi connectivity index (χ1n) is 6.18. The Kier molecular flexibility index (Phi) is 3.98. The molecule has 7 heteroatoms. The number of ether oxygens (including phenoxy) is 1. The van der Waals surface area contributed by atoms with E-state index in [2.05, 4.69) is 25.9 Å². The summed E-state index contributed by atoms with van der Waals surface area (Å²) in [4.78, 5) is 22.2. The maximum Gasteiger partial charge on any atom is 0.316 e. The molecule has 0 spiro atoms. The maximum absolute atomic E-state index is 12.2. The minimum Gasteiger partial charge on any atom is -0.458 e. The van der Waals surface area contributed by atoms with E-state index in [1.54, 1.807) is 12.4 Å². The van der Waals surface area contributed by atoms with Gasteiger partial charge in [-0.05, 0) is 27.4 Å². The molecule has 2 aromatic heterocycles. The van der Waals surface area contributed by atoms with Crippen LogP contribution in [0.4, 0.5) is 0 Å². The summed E-state index contributed by atoms with van der Waals surface area (Å²) in [6, 6.07) is 2.20. The zero-order valence-corrected chi connectivity index (χ0v) is 12.9. The van der Waals surface area contributed by atoms with Gasteiger partial charge in [0.15, 0.2) is 0 Å². The zero-order valence-electron chi connectivity index (χ0n) is 10.5. The van der Waals surface area contributed by atoms with Crippen LogP contribution >= 0.6 is 27.3 Å². The van der Waals surface area contributed by atoms with Crippen LogP contribution in [0, 0.1) is 0 Å². The topological polar surface area (TPSA) is 55.3 Å². The zero-order chi connectivity index (χ0) is 13.9. The summed E-state index contributed by atoms with van der Waals surface area (Å²) in [5.74, 6) is 0.0640. The van der Waals surface area contributed by atoms with Crippen LogP contribution < -0.4 is 4.74 Å². The van der Waals surface area contributed by atoms with E-state index in [0.29, 0.717) is 19.1 Å². The van der Waals surface area contributed by atoms with E-state index in [9.17, 15) is 4.79 Å². The third kappa shape index (κ3) is 2.99. The normalized spacial score (nSPS) is 18.2. The highest BCUT2D eigenvalue weighted by Crippen LogP contribution is 2.19. The van der Waals surface area contributed by atoms with Gasteiger partial charge in [-0.1, -0.05) is 0 Å². The number of hydrogen-bond donors (Lipinski definition) is 0. The Morgan fingerprint density at radius 1 is 1.45 bits per heavy atom. The van der Waals surface area contributed by atoms with Crippen LogP contribution in [0.25, 0.3) is 0 Å². The molecular weight excluding hydrogens is 342 g/mol. The van der Waals surface area contributed by atoms with Crippen molar-refractivity contribution in [2.45, 2.75) is 12.5 Å². The van der Waals surface area contributed by atoms with Crippen LogP contribution in [-0.4, -0.2) is 40.0 Å². The molecule has 0 N–H and O–H groups in total. The molecule has 0 aromatic carbocycles. The molecule has 1 unspecified atom stereocenters. The summed E-state index contributed by atoms with van der Waals surface area (Å²) in [6.45, 7) is 1.28. The lowest BCUT2D eigenvalue weighted by Gasteiger charge is -2.15. The van der Waals surface area contributed by atoms with Crippen molar-refractivity contribution < 1.29 is 9.53 Å². The van der Waals surface area contributed by atoms with E-state index in [4.69, 9.17) is 4.74 Å². The van der Waals surface area contributed by atoms with Crippen LogP contribution in [0.3, 0.4) is 0 Å². The van der Waals surface area contributed by atoms with E-state index < -0.39 is 0 Å². The van der Waals surface area contributed by atoms with Gasteiger partial charge in [0.2, 0.25) is 0 Å². The van der Waals surface area contributed by atoms with Gasteiger partial charge in [-0.2, -0.15) is 11.3 Å². The van der Waals surface area contributed by atoms with Gasteiger partial charge in [0.05, 0.1) is 16.6 Å². The highest BCUT2D eigenvalue weighted by molar-refractivity contribution is 9.10. The Morgan fingerprint density at radius 2 is 2.25 bits per heavy atom. The Hall–Kier alpha value is -1.47. The lowest BCUT2D eigenvalue weighted by Crippen LogP contribution is -2.30. The maximum atomic E-state index is 12.2. The molecule has 104 valence electrons. The fraction of sp³-hybridized carbons (Fsp3) is 0.308. The van der Waals surface area contributed by atoms with Crippen molar-refractivity contribution in [2.24, 2.45) is 0 Å². The Morgan fingerprint density at radius 3 is 2.95 bits per heavy atom. The van der Waals surface area contributed by atoms with E-state index in [-0.39, 0.29) is 12.0 Å². The van der Waals surface area contributed by atoms with Crippen molar-refractivity contribution in [3.8, 4) is 6.01 Å². The number of nitrogens with zero attached hydrogens (tertiary/aromatic N) is 3. The van der Waals surface area contributed by atoms with Crippen LogP contribution in [0.15, 0.2) is 33.7 Å². The molecule has 3 rings (SSSR count). The van der Waals surface area contributed by atoms with Crippen LogP contribution in [-0.2, 0) is 0 Å². The number of thiophene rings is 1. The molecule has 20 heavy (non-hydrogen) atoms. The van der Waals surface area contributed by atoms with E-state index in [0.717, 1.165) is 16.5 Å². The molecule has 0 aliphatic carbocycles. The van der Waals surface area contributed by atoms with Crippen molar-refractivity contribution in [1.29, 1.82) is 0 Å². The molecule has 2 aromatic rings. The lowest BCUT2D eigenvalue weighted by molar-refractivity contribution is 0.0770. The highest BCUT2D eigenvalue weighted by Gasteiger charge is 2.28. The van der Waals surface area contributed by atoms with Gasteiger partial charge in [-0.25, -0.2) is 9.97 Å². The number of aromatic nitrogens is 2. The van der Waals surface area contributed by atoms with Gasteiger partial charge in [-0.15, -0.1) is 0 Å². The van der Waals surface area contributed by atoms with Gasteiger partial charge in [0.25, 0.3) is 5.91 Å². The number of rotatable bonds is 3. The van der Waals surface area contributed by atoms with Crippen molar-refractivity contribution in [1.82, 2.24) is 14.9 Å². The third-order valence-corrected chi connectivity index (χ3v) is 4.16. The van der Waals surface area contributed by atoms with Gasteiger partial charge in [0.1, 0.15) is 6.10 Å². The van der Waals surface area contributed by atoms with Crippen molar-refractivity contribution >= 4 is 33.2 Å². The van der Waals surface area contributed by atoms with Gasteiger partial charge < -0.3 is 9.64 Å². The largest absolute Gasteiger partial charge is 0.458 e. The molecule has 1 saturated heterocycles. The SMILES string of the molecule is O=C(c1ccsc1)N1CCC(Oc2ncc(Br)cn2)C1. The van der Waals surface area contributed by atoms with Crippen molar-refractivity contribution in [3.63, 3.8) is 0 Å². The second-order valence-corrected chi connectivity index (χ2v) is 6.17. The number of carbonyl (C=O) groups excluding carboxylic acids is 1. The summed E-state index contributed by atoms with van der Waals surface area (Å²) in [6.07, 6.45) is 4.05. The smallest absolute Gasteiger partial charge is 0.316 e. The first-order valence-corrected chi connectivity index (χ1v) is 7.91. The van der Waals surface area contributed by atoms with E-state index in [1.807, 2.05) is 21.7 Å². The molecule has 1 fully saturated rings. The third-order valence-electron chi connectivity index (χ3n) is 3.07.